The minimum Gasteiger partial charge on any atom is -0.481 e. The number of aliphatic carboxylic acids is 1. The highest BCUT2D eigenvalue weighted by atomic mass is 16.5. The number of nitrogens with one attached hydrogen (secondary N) is 2. The maximum Gasteiger partial charge on any atom is 0.407 e. The molecule has 0 aromatic heterocycles. The second-order valence-corrected chi connectivity index (χ2v) is 9.77. The van der Waals surface area contributed by atoms with E-state index in [-0.39, 0.29) is 18.2 Å². The SMILES string of the molecule is CC(C)(CC(=O)O)NC(=O)CCCCCCCNC(=O)OCC1c2ccccc2-c2ccccc21. The number of unbranched alkanes of at least 4 members (excludes halogenated alkanes) is 4. The van der Waals surface area contributed by atoms with Gasteiger partial charge in [-0.3, -0.25) is 9.59 Å². The Kier molecular flexibility index (Phi) is 9.29. The first-order chi connectivity index (χ1) is 16.8. The van der Waals surface area contributed by atoms with Gasteiger partial charge >= 0.3 is 12.1 Å². The van der Waals surface area contributed by atoms with Crippen molar-refractivity contribution in [1.82, 2.24) is 10.6 Å². The molecule has 0 saturated carbocycles. The van der Waals surface area contributed by atoms with Crippen molar-refractivity contribution in [1.29, 1.82) is 0 Å². The summed E-state index contributed by atoms with van der Waals surface area (Å²) < 4.78 is 5.54. The molecule has 0 aliphatic heterocycles. The van der Waals surface area contributed by atoms with E-state index >= 15 is 0 Å². The van der Waals surface area contributed by atoms with Crippen LogP contribution in [0.15, 0.2) is 48.5 Å². The van der Waals surface area contributed by atoms with E-state index in [1.54, 1.807) is 13.8 Å². The van der Waals surface area contributed by atoms with Crippen molar-refractivity contribution in [2.45, 2.75) is 70.3 Å². The smallest absolute Gasteiger partial charge is 0.407 e. The summed E-state index contributed by atoms with van der Waals surface area (Å²) in [6.07, 6.45) is 4.34. The van der Waals surface area contributed by atoms with Gasteiger partial charge in [0.25, 0.3) is 0 Å². The van der Waals surface area contributed by atoms with Gasteiger partial charge in [0.05, 0.1) is 6.42 Å². The van der Waals surface area contributed by atoms with Crippen molar-refractivity contribution in [3.8, 4) is 11.1 Å². The molecule has 0 fully saturated rings. The molecule has 3 N–H and O–H groups in total. The van der Waals surface area contributed by atoms with Crippen molar-refractivity contribution in [3.05, 3.63) is 59.7 Å². The summed E-state index contributed by atoms with van der Waals surface area (Å²) in [7, 11) is 0. The quantitative estimate of drug-likeness (QED) is 0.340. The third kappa shape index (κ3) is 7.84. The van der Waals surface area contributed by atoms with Gasteiger partial charge in [-0.05, 0) is 48.9 Å². The average molecular weight is 481 g/mol. The number of fused-ring (bicyclic) bond motifs is 3. The molecule has 3 rings (SSSR count). The molecule has 0 unspecified atom stereocenters. The van der Waals surface area contributed by atoms with Crippen LogP contribution in [-0.4, -0.2) is 41.8 Å². The number of benzene rings is 2. The van der Waals surface area contributed by atoms with Crippen molar-refractivity contribution in [3.63, 3.8) is 0 Å². The Morgan fingerprint density at radius 2 is 1.46 bits per heavy atom. The molecule has 0 saturated heterocycles. The molecule has 1 aliphatic carbocycles. The Morgan fingerprint density at radius 1 is 0.886 bits per heavy atom. The summed E-state index contributed by atoms with van der Waals surface area (Å²) >= 11 is 0. The number of amides is 2. The predicted octanol–water partition coefficient (Wildman–Crippen LogP) is 5.24. The van der Waals surface area contributed by atoms with Gasteiger partial charge in [-0.2, -0.15) is 0 Å². The maximum absolute atomic E-state index is 12.2. The molecule has 35 heavy (non-hydrogen) atoms. The van der Waals surface area contributed by atoms with Crippen LogP contribution in [0.2, 0.25) is 0 Å². The Labute approximate surface area is 207 Å². The van der Waals surface area contributed by atoms with Crippen LogP contribution in [-0.2, 0) is 14.3 Å². The lowest BCUT2D eigenvalue weighted by Crippen LogP contribution is -2.44. The number of carbonyl (C=O) groups excluding carboxylic acids is 2. The summed E-state index contributed by atoms with van der Waals surface area (Å²) in [4.78, 5) is 35.0. The maximum atomic E-state index is 12.2. The van der Waals surface area contributed by atoms with Crippen LogP contribution in [0, 0.1) is 0 Å². The first kappa shape index (κ1) is 26.3. The summed E-state index contributed by atoms with van der Waals surface area (Å²) in [5.41, 5.74) is 4.06. The average Bonchev–Trinajstić information content (AvgIpc) is 3.12. The summed E-state index contributed by atoms with van der Waals surface area (Å²) in [6, 6.07) is 16.5. The fourth-order valence-electron chi connectivity index (χ4n) is 4.64. The number of alkyl carbamates (subject to hydrolysis) is 1. The first-order valence-electron chi connectivity index (χ1n) is 12.4. The standard InChI is InChI=1S/C28H36N2O5/c1-28(2,18-26(32)33)30-25(31)16-6-4-3-5-11-17-29-27(34)35-19-24-22-14-9-7-12-20(22)21-13-8-10-15-23(21)24/h7-10,12-15,24H,3-6,11,16-19H2,1-2H3,(H,29,34)(H,30,31)(H,32,33). The fraction of sp³-hybridized carbons (Fsp3) is 0.464. The molecule has 0 bridgehead atoms. The Morgan fingerprint density at radius 3 is 2.09 bits per heavy atom. The number of hydrogen-bond acceptors (Lipinski definition) is 4. The Balaban J connectivity index is 1.26. The summed E-state index contributed by atoms with van der Waals surface area (Å²) in [5, 5.41) is 14.5. The minimum atomic E-state index is -0.929. The van der Waals surface area contributed by atoms with Gasteiger partial charge in [0.15, 0.2) is 0 Å². The van der Waals surface area contributed by atoms with E-state index in [4.69, 9.17) is 9.84 Å². The molecule has 188 valence electrons. The number of carboxylic acids is 1. The number of hydrogen-bond donors (Lipinski definition) is 3. The van der Waals surface area contributed by atoms with Crippen LogP contribution in [0.1, 0.15) is 75.8 Å². The van der Waals surface area contributed by atoms with Crippen molar-refractivity contribution < 1.29 is 24.2 Å². The van der Waals surface area contributed by atoms with Gasteiger partial charge in [0.1, 0.15) is 6.61 Å². The zero-order valence-corrected chi connectivity index (χ0v) is 20.6. The van der Waals surface area contributed by atoms with Gasteiger partial charge in [-0.1, -0.05) is 67.8 Å². The molecule has 0 spiro atoms. The van der Waals surface area contributed by atoms with E-state index in [0.717, 1.165) is 32.1 Å². The van der Waals surface area contributed by atoms with Crippen molar-refractivity contribution >= 4 is 18.0 Å². The van der Waals surface area contributed by atoms with Gasteiger partial charge < -0.3 is 20.5 Å². The van der Waals surface area contributed by atoms with Crippen LogP contribution >= 0.6 is 0 Å². The molecule has 2 amide bonds. The lowest BCUT2D eigenvalue weighted by molar-refractivity contribution is -0.138. The molecule has 0 atom stereocenters. The number of rotatable bonds is 13. The number of carbonyl (C=O) groups is 3. The van der Waals surface area contributed by atoms with Gasteiger partial charge in [-0.25, -0.2) is 4.79 Å². The van der Waals surface area contributed by atoms with Crippen LogP contribution < -0.4 is 10.6 Å². The largest absolute Gasteiger partial charge is 0.481 e. The summed E-state index contributed by atoms with van der Waals surface area (Å²) in [5.74, 6) is -0.991. The molecule has 7 heteroatoms. The van der Waals surface area contributed by atoms with E-state index in [2.05, 4.69) is 34.9 Å². The van der Waals surface area contributed by atoms with Gasteiger partial charge in [0.2, 0.25) is 5.91 Å². The highest BCUT2D eigenvalue weighted by Crippen LogP contribution is 2.44. The van der Waals surface area contributed by atoms with E-state index < -0.39 is 17.6 Å². The number of ether oxygens (including phenoxy) is 1. The molecular formula is C28H36N2O5. The highest BCUT2D eigenvalue weighted by Gasteiger charge is 2.29. The zero-order chi connectivity index (χ0) is 25.3. The van der Waals surface area contributed by atoms with Crippen molar-refractivity contribution in [2.24, 2.45) is 0 Å². The molecular weight excluding hydrogens is 444 g/mol. The second-order valence-electron chi connectivity index (χ2n) is 9.77. The lowest BCUT2D eigenvalue weighted by atomic mass is 9.98. The second kappa shape index (κ2) is 12.4. The topological polar surface area (TPSA) is 105 Å². The third-order valence-corrected chi connectivity index (χ3v) is 6.26. The monoisotopic (exact) mass is 480 g/mol. The molecule has 2 aromatic carbocycles. The van der Waals surface area contributed by atoms with Gasteiger partial charge in [-0.15, -0.1) is 0 Å². The minimum absolute atomic E-state index is 0.0556. The highest BCUT2D eigenvalue weighted by molar-refractivity contribution is 5.79. The third-order valence-electron chi connectivity index (χ3n) is 6.26. The Hall–Kier alpha value is -3.35. The predicted molar refractivity (Wildman–Crippen MR) is 135 cm³/mol. The molecule has 0 radical (unpaired) electrons. The molecule has 7 nitrogen and oxygen atoms in total. The van der Waals surface area contributed by atoms with E-state index in [1.807, 2.05) is 24.3 Å². The lowest BCUT2D eigenvalue weighted by Gasteiger charge is -2.24. The Bertz CT molecular complexity index is 988. The first-order valence-corrected chi connectivity index (χ1v) is 12.4. The van der Waals surface area contributed by atoms with Crippen LogP contribution in [0.25, 0.3) is 11.1 Å². The fourth-order valence-corrected chi connectivity index (χ4v) is 4.64. The molecule has 1 aliphatic rings. The summed E-state index contributed by atoms with van der Waals surface area (Å²) in [6.45, 7) is 4.29. The molecule has 0 heterocycles. The van der Waals surface area contributed by atoms with E-state index in [0.29, 0.717) is 19.6 Å². The van der Waals surface area contributed by atoms with Crippen molar-refractivity contribution in [2.75, 3.05) is 13.2 Å². The number of carboxylic acid groups (broad SMARTS) is 1. The van der Waals surface area contributed by atoms with E-state index in [1.165, 1.54) is 22.3 Å². The van der Waals surface area contributed by atoms with Crippen LogP contribution in [0.3, 0.4) is 0 Å². The van der Waals surface area contributed by atoms with Gasteiger partial charge in [0, 0.05) is 24.4 Å². The normalized spacial score (nSPS) is 12.5. The molecule has 2 aromatic rings. The zero-order valence-electron chi connectivity index (χ0n) is 20.6. The van der Waals surface area contributed by atoms with E-state index in [9.17, 15) is 14.4 Å². The van der Waals surface area contributed by atoms with Crippen LogP contribution in [0.5, 0.6) is 0 Å². The van der Waals surface area contributed by atoms with Crippen LogP contribution in [0.4, 0.5) is 4.79 Å².